The van der Waals surface area contributed by atoms with E-state index >= 15 is 0 Å². The predicted octanol–water partition coefficient (Wildman–Crippen LogP) is 3.02. The maximum Gasteiger partial charge on any atom is 0.412 e. The predicted molar refractivity (Wildman–Crippen MR) is 75.4 cm³/mol. The molecule has 0 saturated carbocycles. The Bertz CT molecular complexity index is 461. The van der Waals surface area contributed by atoms with E-state index in [4.69, 9.17) is 4.74 Å². The maximum absolute atomic E-state index is 11.6. The molecule has 0 bridgehead atoms. The summed E-state index contributed by atoms with van der Waals surface area (Å²) in [6.45, 7) is 6.90. The van der Waals surface area contributed by atoms with Gasteiger partial charge in [0, 0.05) is 25.3 Å². The Labute approximate surface area is 113 Å². The molecular formula is C14H20N2O3. The monoisotopic (exact) mass is 264 g/mol. The van der Waals surface area contributed by atoms with Crippen LogP contribution in [0, 0.1) is 0 Å². The minimum Gasteiger partial charge on any atom is -0.444 e. The normalized spacial score (nSPS) is 10.8. The Balaban J connectivity index is 2.67. The maximum atomic E-state index is 11.6. The molecule has 5 heteroatoms. The zero-order valence-corrected chi connectivity index (χ0v) is 12.0. The fourth-order valence-corrected chi connectivity index (χ4v) is 1.37. The second-order valence-corrected chi connectivity index (χ2v) is 5.25. The third-order valence-corrected chi connectivity index (χ3v) is 2.37. The van der Waals surface area contributed by atoms with Crippen LogP contribution < -0.4 is 10.2 Å². The molecule has 0 unspecified atom stereocenters. The van der Waals surface area contributed by atoms with E-state index in [9.17, 15) is 9.59 Å². The van der Waals surface area contributed by atoms with Crippen molar-refractivity contribution in [3.8, 4) is 0 Å². The summed E-state index contributed by atoms with van der Waals surface area (Å²) in [6, 6.07) is 6.96. The highest BCUT2D eigenvalue weighted by atomic mass is 16.6. The highest BCUT2D eigenvalue weighted by Gasteiger charge is 2.16. The van der Waals surface area contributed by atoms with Crippen LogP contribution in [0.3, 0.4) is 0 Å². The van der Waals surface area contributed by atoms with Crippen LogP contribution in [0.2, 0.25) is 0 Å². The minimum absolute atomic E-state index is 0.0483. The van der Waals surface area contributed by atoms with Gasteiger partial charge >= 0.3 is 6.09 Å². The van der Waals surface area contributed by atoms with E-state index in [1.54, 1.807) is 52.1 Å². The summed E-state index contributed by atoms with van der Waals surface area (Å²) in [5.74, 6) is -0.0483. The lowest BCUT2D eigenvalue weighted by molar-refractivity contribution is -0.116. The summed E-state index contributed by atoms with van der Waals surface area (Å²) in [7, 11) is 1.69. The summed E-state index contributed by atoms with van der Waals surface area (Å²) in [5, 5.41) is 2.63. The molecule has 0 aliphatic carbocycles. The first-order valence-electron chi connectivity index (χ1n) is 6.03. The Kier molecular flexibility index (Phi) is 4.53. The zero-order valence-electron chi connectivity index (χ0n) is 12.0. The van der Waals surface area contributed by atoms with Gasteiger partial charge in [-0.15, -0.1) is 0 Å². The summed E-state index contributed by atoms with van der Waals surface area (Å²) < 4.78 is 5.14. The quantitative estimate of drug-likeness (QED) is 0.893. The largest absolute Gasteiger partial charge is 0.444 e. The summed E-state index contributed by atoms with van der Waals surface area (Å²) in [4.78, 5) is 24.3. The molecule has 0 atom stereocenters. The molecule has 0 saturated heterocycles. The number of anilines is 2. The molecule has 19 heavy (non-hydrogen) atoms. The van der Waals surface area contributed by atoms with Gasteiger partial charge in [0.1, 0.15) is 5.60 Å². The molecule has 104 valence electrons. The molecule has 0 aliphatic rings. The molecule has 2 amide bonds. The Hall–Kier alpha value is -2.04. The number of nitrogens with one attached hydrogen (secondary N) is 1. The molecule has 0 radical (unpaired) electrons. The van der Waals surface area contributed by atoms with Crippen molar-refractivity contribution in [2.45, 2.75) is 33.3 Å². The molecule has 0 aliphatic heterocycles. The van der Waals surface area contributed by atoms with Gasteiger partial charge in [0.2, 0.25) is 5.91 Å². The van der Waals surface area contributed by atoms with Gasteiger partial charge in [-0.2, -0.15) is 0 Å². The van der Waals surface area contributed by atoms with Crippen molar-refractivity contribution in [3.63, 3.8) is 0 Å². The number of hydrogen-bond acceptors (Lipinski definition) is 3. The highest BCUT2D eigenvalue weighted by Crippen LogP contribution is 2.17. The summed E-state index contributed by atoms with van der Waals surface area (Å²) in [6.07, 6.45) is -0.500. The van der Waals surface area contributed by atoms with Gasteiger partial charge in [0.15, 0.2) is 0 Å². The van der Waals surface area contributed by atoms with Crippen LogP contribution in [0.1, 0.15) is 27.7 Å². The lowest BCUT2D eigenvalue weighted by Crippen LogP contribution is -2.27. The van der Waals surface area contributed by atoms with Gasteiger partial charge in [0.25, 0.3) is 0 Å². The van der Waals surface area contributed by atoms with E-state index < -0.39 is 11.7 Å². The molecular weight excluding hydrogens is 244 g/mol. The van der Waals surface area contributed by atoms with Crippen molar-refractivity contribution >= 4 is 23.4 Å². The highest BCUT2D eigenvalue weighted by molar-refractivity contribution is 5.91. The lowest BCUT2D eigenvalue weighted by Gasteiger charge is -2.20. The number of carbonyl (C=O) groups excluding carboxylic acids is 2. The number of nitrogens with zero attached hydrogens (tertiary/aromatic N) is 1. The standard InChI is InChI=1S/C14H20N2O3/c1-10(17)16(5)12-8-6-11(7-9-12)15-13(18)19-14(2,3)4/h6-9H,1-5H3,(H,15,18). The Morgan fingerprint density at radius 1 is 1.16 bits per heavy atom. The SMILES string of the molecule is CC(=O)N(C)c1ccc(NC(=O)OC(C)(C)C)cc1. The molecule has 1 N–H and O–H groups in total. The topological polar surface area (TPSA) is 58.6 Å². The molecule has 1 aromatic rings. The van der Waals surface area contributed by atoms with Gasteiger partial charge in [0.05, 0.1) is 0 Å². The van der Waals surface area contributed by atoms with Gasteiger partial charge in [-0.05, 0) is 45.0 Å². The minimum atomic E-state index is -0.529. The molecule has 5 nitrogen and oxygen atoms in total. The number of carbonyl (C=O) groups is 2. The average Bonchev–Trinajstić information content (AvgIpc) is 2.26. The van der Waals surface area contributed by atoms with E-state index in [0.717, 1.165) is 5.69 Å². The van der Waals surface area contributed by atoms with Crippen molar-refractivity contribution in [2.75, 3.05) is 17.3 Å². The van der Waals surface area contributed by atoms with Crippen molar-refractivity contribution in [1.82, 2.24) is 0 Å². The van der Waals surface area contributed by atoms with Crippen molar-refractivity contribution in [2.24, 2.45) is 0 Å². The first kappa shape index (κ1) is 15.0. The van der Waals surface area contributed by atoms with E-state index in [0.29, 0.717) is 5.69 Å². The van der Waals surface area contributed by atoms with Crippen LogP contribution >= 0.6 is 0 Å². The molecule has 0 aromatic heterocycles. The van der Waals surface area contributed by atoms with E-state index in [1.165, 1.54) is 11.8 Å². The van der Waals surface area contributed by atoms with Gasteiger partial charge in [-0.3, -0.25) is 10.1 Å². The average molecular weight is 264 g/mol. The number of amides is 2. The van der Waals surface area contributed by atoms with Crippen molar-refractivity contribution in [3.05, 3.63) is 24.3 Å². The third-order valence-electron chi connectivity index (χ3n) is 2.37. The first-order valence-corrected chi connectivity index (χ1v) is 6.03. The smallest absolute Gasteiger partial charge is 0.412 e. The fraction of sp³-hybridized carbons (Fsp3) is 0.429. The first-order chi connectivity index (χ1) is 8.69. The fourth-order valence-electron chi connectivity index (χ4n) is 1.37. The molecule has 0 spiro atoms. The summed E-state index contributed by atoms with van der Waals surface area (Å²) in [5.41, 5.74) is 0.857. The van der Waals surface area contributed by atoms with E-state index in [-0.39, 0.29) is 5.91 Å². The number of rotatable bonds is 2. The second kappa shape index (κ2) is 5.73. The second-order valence-electron chi connectivity index (χ2n) is 5.25. The number of ether oxygens (including phenoxy) is 1. The van der Waals surface area contributed by atoms with Crippen molar-refractivity contribution < 1.29 is 14.3 Å². The van der Waals surface area contributed by atoms with Crippen LogP contribution in [0.4, 0.5) is 16.2 Å². The van der Waals surface area contributed by atoms with Crippen LogP contribution in [0.25, 0.3) is 0 Å². The molecule has 1 rings (SSSR count). The van der Waals surface area contributed by atoms with Gasteiger partial charge < -0.3 is 9.64 Å². The molecule has 0 fully saturated rings. The molecule has 0 heterocycles. The van der Waals surface area contributed by atoms with Gasteiger partial charge in [-0.25, -0.2) is 4.79 Å². The summed E-state index contributed by atoms with van der Waals surface area (Å²) >= 11 is 0. The van der Waals surface area contributed by atoms with Gasteiger partial charge in [-0.1, -0.05) is 0 Å². The number of benzene rings is 1. The third kappa shape index (κ3) is 4.99. The van der Waals surface area contributed by atoms with E-state index in [2.05, 4.69) is 5.32 Å². The Morgan fingerprint density at radius 3 is 2.11 bits per heavy atom. The van der Waals surface area contributed by atoms with Crippen LogP contribution in [-0.4, -0.2) is 24.6 Å². The zero-order chi connectivity index (χ0) is 14.6. The lowest BCUT2D eigenvalue weighted by atomic mass is 10.2. The van der Waals surface area contributed by atoms with E-state index in [1.807, 2.05) is 0 Å². The van der Waals surface area contributed by atoms with Crippen molar-refractivity contribution in [1.29, 1.82) is 0 Å². The van der Waals surface area contributed by atoms with Crippen LogP contribution in [-0.2, 0) is 9.53 Å². The number of hydrogen-bond donors (Lipinski definition) is 1. The molecule has 1 aromatic carbocycles. The van der Waals surface area contributed by atoms with Crippen LogP contribution in [0.5, 0.6) is 0 Å². The van der Waals surface area contributed by atoms with Crippen LogP contribution in [0.15, 0.2) is 24.3 Å². The Morgan fingerprint density at radius 2 is 1.68 bits per heavy atom.